The summed E-state index contributed by atoms with van der Waals surface area (Å²) in [5, 5.41) is 73.0. The van der Waals surface area contributed by atoms with Crippen LogP contribution in [0.5, 0.6) is 0 Å². The zero-order valence-electron chi connectivity index (χ0n) is 22.8. The first-order chi connectivity index (χ1) is 19.8. The van der Waals surface area contributed by atoms with Gasteiger partial charge in [-0.2, -0.15) is 0 Å². The van der Waals surface area contributed by atoms with Crippen molar-refractivity contribution in [3.05, 3.63) is 0 Å². The first kappa shape index (κ1) is 34.1. The number of nitrogens with two attached hydrogens (primary N) is 6. The van der Waals surface area contributed by atoms with Crippen molar-refractivity contribution in [3.63, 3.8) is 0 Å². The van der Waals surface area contributed by atoms with Crippen LogP contribution in [0.15, 0.2) is 0 Å². The molecule has 0 radical (unpaired) electrons. The molecule has 1 saturated carbocycles. The fraction of sp³-hybridized carbons (Fsp3) is 1.00. The van der Waals surface area contributed by atoms with Gasteiger partial charge in [0.05, 0.1) is 24.8 Å². The van der Waals surface area contributed by atoms with Crippen LogP contribution in [0.25, 0.3) is 0 Å². The molecule has 19 N–H and O–H groups in total. The zero-order valence-corrected chi connectivity index (χ0v) is 22.8. The number of hydrogen-bond donors (Lipinski definition) is 13. The lowest BCUT2D eigenvalue weighted by molar-refractivity contribution is -0.306. The molecule has 0 unspecified atom stereocenters. The van der Waals surface area contributed by atoms with Gasteiger partial charge in [0.2, 0.25) is 0 Å². The predicted molar refractivity (Wildman–Crippen MR) is 138 cm³/mol. The third kappa shape index (κ3) is 6.60. The summed E-state index contributed by atoms with van der Waals surface area (Å²) >= 11 is 0. The fourth-order valence-electron chi connectivity index (χ4n) is 5.74. The van der Waals surface area contributed by atoms with Crippen molar-refractivity contribution in [3.8, 4) is 0 Å². The number of aliphatic hydroxyl groups excluding tert-OH is 7. The van der Waals surface area contributed by atoms with E-state index in [1.54, 1.807) is 0 Å². The maximum atomic E-state index is 11.1. The Labute approximate surface area is 241 Å². The van der Waals surface area contributed by atoms with Gasteiger partial charge in [0.25, 0.3) is 0 Å². The van der Waals surface area contributed by atoms with Crippen LogP contribution >= 0.6 is 0 Å². The lowest BCUT2D eigenvalue weighted by Gasteiger charge is -2.47. The molecule has 3 saturated heterocycles. The van der Waals surface area contributed by atoms with Gasteiger partial charge in [-0.25, -0.2) is 0 Å². The summed E-state index contributed by atoms with van der Waals surface area (Å²) in [4.78, 5) is 0. The van der Waals surface area contributed by atoms with Crippen molar-refractivity contribution >= 4 is 0 Å². The average molecular weight is 615 g/mol. The molecule has 4 fully saturated rings. The van der Waals surface area contributed by atoms with Crippen LogP contribution < -0.4 is 34.4 Å². The van der Waals surface area contributed by atoms with E-state index < -0.39 is 123 Å². The standard InChI is InChI=1S/C23H46N6O13/c24-2-7-13(32)15(34)10(28)21(37-7)40-18-6(27)1-5(26)12(31)20(18)42-23-17(36)19(9(4-30)39-23)41-22-11(29)16(35)14(33)8(3-25)38-22/h5-23,30-36H,1-4,24-29H2/t5-,6+,7-,8-,9-,10+,11+,12-,13+,14+,15-,16-,17+,18+,19+,20-,21+,22+,23+/m0/s1. The molecule has 19 atom stereocenters. The molecular formula is C23H46N6O13. The number of rotatable bonds is 9. The van der Waals surface area contributed by atoms with Gasteiger partial charge in [-0.3, -0.25) is 0 Å². The number of aliphatic hydroxyl groups is 7. The Morgan fingerprint density at radius 2 is 0.976 bits per heavy atom. The highest BCUT2D eigenvalue weighted by Crippen LogP contribution is 2.34. The summed E-state index contributed by atoms with van der Waals surface area (Å²) in [6.45, 7) is -0.967. The first-order valence-corrected chi connectivity index (χ1v) is 13.9. The van der Waals surface area contributed by atoms with E-state index in [0.717, 1.165) is 0 Å². The van der Waals surface area contributed by atoms with E-state index in [1.165, 1.54) is 0 Å². The average Bonchev–Trinajstić information content (AvgIpc) is 3.27. The van der Waals surface area contributed by atoms with Crippen LogP contribution in [-0.2, 0) is 28.4 Å². The molecule has 0 aromatic heterocycles. The summed E-state index contributed by atoms with van der Waals surface area (Å²) in [5.41, 5.74) is 35.6. The molecule has 19 heteroatoms. The predicted octanol–water partition coefficient (Wildman–Crippen LogP) is -8.90. The van der Waals surface area contributed by atoms with E-state index in [4.69, 9.17) is 62.8 Å². The van der Waals surface area contributed by atoms with Gasteiger partial charge in [-0.05, 0) is 6.42 Å². The minimum absolute atomic E-state index is 0.0889. The molecule has 246 valence electrons. The summed E-state index contributed by atoms with van der Waals surface area (Å²) in [6, 6.07) is -4.18. The van der Waals surface area contributed by atoms with Gasteiger partial charge in [0.1, 0.15) is 67.1 Å². The Hall–Kier alpha value is -0.760. The Bertz CT molecular complexity index is 868. The molecule has 0 bridgehead atoms. The fourth-order valence-corrected chi connectivity index (χ4v) is 5.74. The second kappa shape index (κ2) is 14.1. The molecular weight excluding hydrogens is 568 g/mol. The van der Waals surface area contributed by atoms with Crippen molar-refractivity contribution in [2.75, 3.05) is 19.7 Å². The highest BCUT2D eigenvalue weighted by atomic mass is 16.8. The molecule has 3 aliphatic heterocycles. The van der Waals surface area contributed by atoms with Gasteiger partial charge in [-0.1, -0.05) is 0 Å². The number of hydrogen-bond acceptors (Lipinski definition) is 19. The van der Waals surface area contributed by atoms with E-state index in [9.17, 15) is 35.7 Å². The second-order valence-electron chi connectivity index (χ2n) is 11.2. The quantitative estimate of drug-likeness (QED) is 0.115. The Morgan fingerprint density at radius 1 is 0.524 bits per heavy atom. The number of ether oxygens (including phenoxy) is 6. The monoisotopic (exact) mass is 614 g/mol. The maximum Gasteiger partial charge on any atom is 0.187 e. The van der Waals surface area contributed by atoms with Crippen LogP contribution in [0.3, 0.4) is 0 Å². The van der Waals surface area contributed by atoms with Gasteiger partial charge in [0.15, 0.2) is 18.9 Å². The van der Waals surface area contributed by atoms with E-state index in [0.29, 0.717) is 0 Å². The second-order valence-corrected chi connectivity index (χ2v) is 11.2. The molecule has 4 aliphatic rings. The highest BCUT2D eigenvalue weighted by Gasteiger charge is 2.54. The molecule has 4 rings (SSSR count). The van der Waals surface area contributed by atoms with Gasteiger partial charge in [-0.15, -0.1) is 0 Å². The van der Waals surface area contributed by atoms with Crippen LogP contribution in [0.1, 0.15) is 6.42 Å². The largest absolute Gasteiger partial charge is 0.394 e. The van der Waals surface area contributed by atoms with Crippen LogP contribution in [0, 0.1) is 0 Å². The first-order valence-electron chi connectivity index (χ1n) is 13.9. The molecule has 1 aliphatic carbocycles. The van der Waals surface area contributed by atoms with E-state index in [1.807, 2.05) is 0 Å². The van der Waals surface area contributed by atoms with Crippen molar-refractivity contribution in [2.24, 2.45) is 34.4 Å². The zero-order chi connectivity index (χ0) is 31.0. The van der Waals surface area contributed by atoms with Gasteiger partial charge >= 0.3 is 0 Å². The Morgan fingerprint density at radius 3 is 1.45 bits per heavy atom. The summed E-state index contributed by atoms with van der Waals surface area (Å²) in [6.07, 6.45) is -19.8. The van der Waals surface area contributed by atoms with Crippen molar-refractivity contribution in [1.29, 1.82) is 0 Å². The molecule has 42 heavy (non-hydrogen) atoms. The van der Waals surface area contributed by atoms with Crippen LogP contribution in [0.2, 0.25) is 0 Å². The molecule has 19 nitrogen and oxygen atoms in total. The molecule has 0 amide bonds. The van der Waals surface area contributed by atoms with E-state index in [2.05, 4.69) is 0 Å². The van der Waals surface area contributed by atoms with Crippen LogP contribution in [0.4, 0.5) is 0 Å². The van der Waals surface area contributed by atoms with Crippen LogP contribution in [-0.4, -0.2) is 172 Å². The Balaban J connectivity index is 1.50. The van der Waals surface area contributed by atoms with E-state index >= 15 is 0 Å². The minimum Gasteiger partial charge on any atom is -0.394 e. The van der Waals surface area contributed by atoms with Crippen molar-refractivity contribution < 1.29 is 64.2 Å². The Kier molecular flexibility index (Phi) is 11.5. The summed E-state index contributed by atoms with van der Waals surface area (Å²) in [7, 11) is 0. The molecule has 3 heterocycles. The normalized spacial score (nSPS) is 53.8. The maximum absolute atomic E-state index is 11.1. The van der Waals surface area contributed by atoms with Crippen molar-refractivity contribution in [1.82, 2.24) is 0 Å². The minimum atomic E-state index is -1.60. The summed E-state index contributed by atoms with van der Waals surface area (Å²) < 4.78 is 34.6. The highest BCUT2D eigenvalue weighted by molar-refractivity contribution is 5.02. The van der Waals surface area contributed by atoms with Gasteiger partial charge < -0.3 is 98.6 Å². The lowest BCUT2D eigenvalue weighted by Crippen LogP contribution is -2.68. The third-order valence-corrected chi connectivity index (χ3v) is 8.37. The van der Waals surface area contributed by atoms with E-state index in [-0.39, 0.29) is 19.5 Å². The summed E-state index contributed by atoms with van der Waals surface area (Å²) in [5.74, 6) is 0. The van der Waals surface area contributed by atoms with Crippen molar-refractivity contribution in [2.45, 2.75) is 123 Å². The molecule has 0 aromatic rings. The smallest absolute Gasteiger partial charge is 0.187 e. The third-order valence-electron chi connectivity index (χ3n) is 8.37. The lowest BCUT2D eigenvalue weighted by atomic mass is 9.84. The SMILES string of the molecule is NC[C@@H]1O[C@H](O[C@H]2[C@@H](O[C@H]3O[C@@H](CO)[C@@H](O[C@H]4O[C@@H](CN)[C@@H](O)[C@@H](O)[C@H]4N)[C@H]3O)[C@@H](O)[C@@H](N)C[C@H]2N)[C@H](N)[C@H](O)[C@@H]1O. The molecule has 0 spiro atoms. The molecule has 0 aromatic carbocycles. The topological polar surface area (TPSA) is 353 Å². The van der Waals surface area contributed by atoms with Gasteiger partial charge in [0, 0.05) is 25.2 Å².